The number of carbonyl (C=O) groups is 1. The first-order chi connectivity index (χ1) is 13.2. The zero-order valence-electron chi connectivity index (χ0n) is 16.0. The van der Waals surface area contributed by atoms with Gasteiger partial charge in [-0.25, -0.2) is 22.0 Å². The van der Waals surface area contributed by atoms with E-state index in [0.29, 0.717) is 38.7 Å². The van der Waals surface area contributed by atoms with Crippen LogP contribution in [-0.2, 0) is 13.3 Å². The van der Waals surface area contributed by atoms with Gasteiger partial charge >= 0.3 is 8.80 Å². The number of benzene rings is 1. The Balaban J connectivity index is 2.66. The summed E-state index contributed by atoms with van der Waals surface area (Å²) in [6.07, 6.45) is 0.868. The molecule has 160 valence electrons. The molecule has 1 aromatic carbocycles. The normalized spacial score (nSPS) is 11.7. The maximum absolute atomic E-state index is 13.6. The van der Waals surface area contributed by atoms with Gasteiger partial charge in [0, 0.05) is 32.4 Å². The highest BCUT2D eigenvalue weighted by atomic mass is 28.4. The number of hydrogen-bond donors (Lipinski definition) is 1. The van der Waals surface area contributed by atoms with E-state index in [-0.39, 0.29) is 6.54 Å². The van der Waals surface area contributed by atoms with Crippen molar-refractivity contribution in [2.24, 2.45) is 0 Å². The molecular formula is C17H24F5NO4Si. The molecule has 0 aliphatic rings. The monoisotopic (exact) mass is 429 g/mol. The first kappa shape index (κ1) is 24.5. The fourth-order valence-corrected chi connectivity index (χ4v) is 5.25. The second-order valence-corrected chi connectivity index (χ2v) is 8.37. The Morgan fingerprint density at radius 3 is 1.64 bits per heavy atom. The smallest absolute Gasteiger partial charge is 0.374 e. The van der Waals surface area contributed by atoms with E-state index >= 15 is 0 Å². The number of halogens is 5. The fraction of sp³-hybridized carbons (Fsp3) is 0.588. The van der Waals surface area contributed by atoms with Crippen LogP contribution in [0.2, 0.25) is 6.04 Å². The minimum Gasteiger partial charge on any atom is -0.374 e. The van der Waals surface area contributed by atoms with Crippen LogP contribution >= 0.6 is 0 Å². The number of carbonyl (C=O) groups excluding carboxylic acids is 1. The van der Waals surface area contributed by atoms with E-state index in [4.69, 9.17) is 13.3 Å². The SMILES string of the molecule is CCO[Si](CCCCNC(=O)c1c(F)c(F)c(F)c(F)c1F)(OCC)OCC. The summed E-state index contributed by atoms with van der Waals surface area (Å²) in [5, 5.41) is 2.16. The summed E-state index contributed by atoms with van der Waals surface area (Å²) in [5.41, 5.74) is -1.50. The summed E-state index contributed by atoms with van der Waals surface area (Å²) >= 11 is 0. The Labute approximate surface area is 161 Å². The van der Waals surface area contributed by atoms with Gasteiger partial charge in [-0.05, 0) is 33.6 Å². The van der Waals surface area contributed by atoms with Gasteiger partial charge < -0.3 is 18.6 Å². The topological polar surface area (TPSA) is 56.8 Å². The van der Waals surface area contributed by atoms with Gasteiger partial charge in [0.05, 0.1) is 0 Å². The molecule has 0 aliphatic carbocycles. The number of hydrogen-bond acceptors (Lipinski definition) is 4. The van der Waals surface area contributed by atoms with Crippen molar-refractivity contribution in [3.8, 4) is 0 Å². The molecule has 0 fully saturated rings. The molecular weight excluding hydrogens is 405 g/mol. The molecule has 0 saturated carbocycles. The molecule has 0 bridgehead atoms. The second kappa shape index (κ2) is 11.4. The van der Waals surface area contributed by atoms with Crippen molar-refractivity contribution in [2.45, 2.75) is 39.7 Å². The lowest BCUT2D eigenvalue weighted by atomic mass is 10.1. The van der Waals surface area contributed by atoms with Gasteiger partial charge in [0.2, 0.25) is 5.82 Å². The molecule has 5 nitrogen and oxygen atoms in total. The van der Waals surface area contributed by atoms with Crippen molar-refractivity contribution in [2.75, 3.05) is 26.4 Å². The van der Waals surface area contributed by atoms with Crippen LogP contribution in [0.1, 0.15) is 44.0 Å². The number of rotatable bonds is 12. The van der Waals surface area contributed by atoms with Gasteiger partial charge in [-0.2, -0.15) is 0 Å². The largest absolute Gasteiger partial charge is 0.500 e. The molecule has 0 radical (unpaired) electrons. The lowest BCUT2D eigenvalue weighted by Gasteiger charge is -2.28. The molecule has 1 rings (SSSR count). The summed E-state index contributed by atoms with van der Waals surface area (Å²) in [6, 6.07) is 0.459. The molecule has 28 heavy (non-hydrogen) atoms. The molecule has 0 spiro atoms. The number of unbranched alkanes of at least 4 members (excludes halogenated alkanes) is 1. The quantitative estimate of drug-likeness (QED) is 0.180. The molecule has 0 aliphatic heterocycles. The average molecular weight is 429 g/mol. The van der Waals surface area contributed by atoms with E-state index in [1.165, 1.54) is 0 Å². The Morgan fingerprint density at radius 1 is 0.786 bits per heavy atom. The van der Waals surface area contributed by atoms with Crippen molar-refractivity contribution >= 4 is 14.7 Å². The summed E-state index contributed by atoms with van der Waals surface area (Å²) in [6.45, 7) is 6.61. The van der Waals surface area contributed by atoms with Crippen molar-refractivity contribution in [1.82, 2.24) is 5.32 Å². The van der Waals surface area contributed by atoms with Crippen molar-refractivity contribution in [3.05, 3.63) is 34.6 Å². The zero-order valence-corrected chi connectivity index (χ0v) is 17.0. The van der Waals surface area contributed by atoms with E-state index in [2.05, 4.69) is 5.32 Å². The standard InChI is InChI=1S/C17H24F5NO4Si/c1-4-25-28(26-5-2,27-6-3)10-8-7-9-23-17(24)11-12(18)14(20)16(22)15(21)13(11)19/h4-10H2,1-3H3,(H,23,24). The minimum absolute atomic E-state index is 0.0345. The third-order valence-electron chi connectivity index (χ3n) is 3.72. The van der Waals surface area contributed by atoms with E-state index in [1.807, 2.05) is 20.8 Å². The van der Waals surface area contributed by atoms with E-state index in [0.717, 1.165) is 0 Å². The lowest BCUT2D eigenvalue weighted by molar-refractivity contribution is 0.0707. The van der Waals surface area contributed by atoms with E-state index in [1.54, 1.807) is 0 Å². The fourth-order valence-electron chi connectivity index (χ4n) is 2.56. The predicted molar refractivity (Wildman–Crippen MR) is 93.2 cm³/mol. The maximum Gasteiger partial charge on any atom is 0.500 e. The molecule has 0 unspecified atom stereocenters. The van der Waals surface area contributed by atoms with E-state index in [9.17, 15) is 26.7 Å². The van der Waals surface area contributed by atoms with Crippen LogP contribution < -0.4 is 5.32 Å². The van der Waals surface area contributed by atoms with Gasteiger partial charge in [-0.3, -0.25) is 4.79 Å². The first-order valence-corrected chi connectivity index (χ1v) is 10.9. The highest BCUT2D eigenvalue weighted by molar-refractivity contribution is 6.60. The van der Waals surface area contributed by atoms with Gasteiger partial charge in [0.15, 0.2) is 23.3 Å². The van der Waals surface area contributed by atoms with E-state index < -0.39 is 49.4 Å². The van der Waals surface area contributed by atoms with Crippen LogP contribution in [0.5, 0.6) is 0 Å². The first-order valence-electron chi connectivity index (χ1n) is 8.96. The summed E-state index contributed by atoms with van der Waals surface area (Å²) in [4.78, 5) is 11.9. The summed E-state index contributed by atoms with van der Waals surface area (Å²) in [7, 11) is -2.85. The molecule has 0 saturated heterocycles. The third-order valence-corrected chi connectivity index (χ3v) is 6.88. The molecule has 0 heterocycles. The van der Waals surface area contributed by atoms with Crippen LogP contribution in [0.15, 0.2) is 0 Å². The molecule has 1 aromatic rings. The van der Waals surface area contributed by atoms with Crippen LogP contribution in [-0.4, -0.2) is 41.1 Å². The third kappa shape index (κ3) is 5.97. The minimum atomic E-state index is -2.85. The molecule has 0 atom stereocenters. The maximum atomic E-state index is 13.6. The molecule has 1 N–H and O–H groups in total. The molecule has 0 aromatic heterocycles. The predicted octanol–water partition coefficient (Wildman–Crippen LogP) is 3.94. The van der Waals surface area contributed by atoms with Crippen LogP contribution in [0.4, 0.5) is 22.0 Å². The van der Waals surface area contributed by atoms with Crippen LogP contribution in [0, 0.1) is 29.1 Å². The van der Waals surface area contributed by atoms with Crippen molar-refractivity contribution in [1.29, 1.82) is 0 Å². The van der Waals surface area contributed by atoms with Crippen LogP contribution in [0.3, 0.4) is 0 Å². The van der Waals surface area contributed by atoms with Gasteiger partial charge in [-0.15, -0.1) is 0 Å². The van der Waals surface area contributed by atoms with Gasteiger partial charge in [0.1, 0.15) is 5.56 Å². The molecule has 11 heteroatoms. The molecule has 1 amide bonds. The Bertz CT molecular complexity index is 631. The van der Waals surface area contributed by atoms with Crippen LogP contribution in [0.25, 0.3) is 0 Å². The lowest BCUT2D eigenvalue weighted by Crippen LogP contribution is -2.46. The van der Waals surface area contributed by atoms with Crippen molar-refractivity contribution < 1.29 is 40.0 Å². The zero-order chi connectivity index (χ0) is 21.3. The Morgan fingerprint density at radius 2 is 1.21 bits per heavy atom. The average Bonchev–Trinajstić information content (AvgIpc) is 2.65. The number of amides is 1. The second-order valence-electron chi connectivity index (χ2n) is 5.64. The van der Waals surface area contributed by atoms with Gasteiger partial charge in [-0.1, -0.05) is 0 Å². The number of nitrogens with one attached hydrogen (secondary N) is 1. The van der Waals surface area contributed by atoms with Gasteiger partial charge in [0.25, 0.3) is 5.91 Å². The van der Waals surface area contributed by atoms with Crippen molar-refractivity contribution in [3.63, 3.8) is 0 Å². The highest BCUT2D eigenvalue weighted by Crippen LogP contribution is 2.23. The summed E-state index contributed by atoms with van der Waals surface area (Å²) < 4.78 is 83.6. The highest BCUT2D eigenvalue weighted by Gasteiger charge is 2.39. The Hall–Kier alpha value is -1.56. The summed E-state index contributed by atoms with van der Waals surface area (Å²) in [5.74, 6) is -12.3. The Kier molecular flexibility index (Phi) is 10.0.